The minimum absolute atomic E-state index is 0.161. The van der Waals surface area contributed by atoms with E-state index in [0.29, 0.717) is 18.8 Å². The molecule has 0 atom stereocenters. The Kier molecular flexibility index (Phi) is 4.68. The van der Waals surface area contributed by atoms with E-state index in [1.54, 1.807) is 34.8 Å². The molecule has 0 bridgehead atoms. The van der Waals surface area contributed by atoms with Gasteiger partial charge in [-0.2, -0.15) is 9.40 Å². The van der Waals surface area contributed by atoms with Crippen molar-refractivity contribution in [1.82, 2.24) is 19.0 Å². The molecule has 1 fully saturated rings. The van der Waals surface area contributed by atoms with Crippen LogP contribution in [-0.2, 0) is 17.1 Å². The summed E-state index contributed by atoms with van der Waals surface area (Å²) in [6, 6.07) is 14.6. The van der Waals surface area contributed by atoms with E-state index in [2.05, 4.69) is 5.10 Å². The van der Waals surface area contributed by atoms with Gasteiger partial charge in [-0.25, -0.2) is 8.42 Å². The maximum Gasteiger partial charge on any atom is 0.274 e. The number of rotatable bonds is 3. The van der Waals surface area contributed by atoms with Gasteiger partial charge in [0, 0.05) is 38.9 Å². The zero-order chi connectivity index (χ0) is 19.9. The third-order valence-electron chi connectivity index (χ3n) is 5.22. The Balaban J connectivity index is 1.49. The third kappa shape index (κ3) is 3.29. The maximum atomic E-state index is 13.0. The largest absolute Gasteiger partial charge is 0.335 e. The molecule has 1 amide bonds. The number of sulfonamides is 1. The second kappa shape index (κ2) is 7.03. The first-order chi connectivity index (χ1) is 13.4. The van der Waals surface area contributed by atoms with Crippen LogP contribution in [0.1, 0.15) is 16.2 Å². The number of benzene rings is 2. The molecule has 0 unspecified atom stereocenters. The van der Waals surface area contributed by atoms with Gasteiger partial charge >= 0.3 is 0 Å². The number of hydrogen-bond acceptors (Lipinski definition) is 4. The van der Waals surface area contributed by atoms with Gasteiger partial charge in [0.25, 0.3) is 5.91 Å². The van der Waals surface area contributed by atoms with Crippen LogP contribution in [-0.4, -0.2) is 59.5 Å². The molecule has 4 rings (SSSR count). The van der Waals surface area contributed by atoms with Crippen LogP contribution in [0.15, 0.2) is 53.4 Å². The zero-order valence-corrected chi connectivity index (χ0v) is 16.7. The quantitative estimate of drug-likeness (QED) is 0.677. The van der Waals surface area contributed by atoms with Gasteiger partial charge in [0.15, 0.2) is 5.69 Å². The summed E-state index contributed by atoms with van der Waals surface area (Å²) >= 11 is 0. The minimum Gasteiger partial charge on any atom is -0.335 e. The smallest absolute Gasteiger partial charge is 0.274 e. The predicted octanol–water partition coefficient (Wildman–Crippen LogP) is 2.03. The van der Waals surface area contributed by atoms with Crippen molar-refractivity contribution in [3.05, 3.63) is 59.9 Å². The van der Waals surface area contributed by atoms with E-state index in [4.69, 9.17) is 0 Å². The van der Waals surface area contributed by atoms with Gasteiger partial charge in [0.05, 0.1) is 4.90 Å². The number of hydrogen-bond donors (Lipinski definition) is 0. The molecule has 1 aromatic heterocycles. The molecule has 8 heteroatoms. The van der Waals surface area contributed by atoms with E-state index < -0.39 is 10.0 Å². The zero-order valence-electron chi connectivity index (χ0n) is 15.9. The number of piperazine rings is 1. The van der Waals surface area contributed by atoms with E-state index in [9.17, 15) is 13.2 Å². The molecule has 2 aromatic carbocycles. The molecule has 0 saturated carbocycles. The highest BCUT2D eigenvalue weighted by Crippen LogP contribution is 2.23. The number of carbonyl (C=O) groups is 1. The fraction of sp³-hybridized carbons (Fsp3) is 0.300. The Morgan fingerprint density at radius 1 is 0.964 bits per heavy atom. The van der Waals surface area contributed by atoms with E-state index in [-0.39, 0.29) is 23.9 Å². The average Bonchev–Trinajstić information content (AvgIpc) is 3.05. The van der Waals surface area contributed by atoms with Gasteiger partial charge < -0.3 is 4.90 Å². The summed E-state index contributed by atoms with van der Waals surface area (Å²) in [7, 11) is -1.80. The summed E-state index contributed by atoms with van der Waals surface area (Å²) in [6.45, 7) is 3.12. The monoisotopic (exact) mass is 398 g/mol. The summed E-state index contributed by atoms with van der Waals surface area (Å²) < 4.78 is 29.2. The van der Waals surface area contributed by atoms with Crippen LogP contribution in [0.3, 0.4) is 0 Å². The maximum absolute atomic E-state index is 13.0. The highest BCUT2D eigenvalue weighted by Gasteiger charge is 2.31. The Labute approximate surface area is 164 Å². The molecule has 7 nitrogen and oxygen atoms in total. The molecule has 0 aliphatic carbocycles. The van der Waals surface area contributed by atoms with Crippen molar-refractivity contribution >= 4 is 26.7 Å². The van der Waals surface area contributed by atoms with Crippen molar-refractivity contribution in [1.29, 1.82) is 0 Å². The van der Waals surface area contributed by atoms with Crippen molar-refractivity contribution in [3.63, 3.8) is 0 Å². The molecule has 0 radical (unpaired) electrons. The molecule has 1 aliphatic rings. The lowest BCUT2D eigenvalue weighted by Gasteiger charge is -2.33. The highest BCUT2D eigenvalue weighted by molar-refractivity contribution is 7.89. The predicted molar refractivity (Wildman–Crippen MR) is 107 cm³/mol. The Bertz CT molecular complexity index is 1130. The number of aryl methyl sites for hydroxylation is 2. The van der Waals surface area contributed by atoms with Crippen molar-refractivity contribution in [3.8, 4) is 0 Å². The summed E-state index contributed by atoms with van der Waals surface area (Å²) in [5.41, 5.74) is 1.30. The lowest BCUT2D eigenvalue weighted by Crippen LogP contribution is -2.50. The number of aromatic nitrogens is 2. The van der Waals surface area contributed by atoms with E-state index in [1.165, 1.54) is 4.31 Å². The number of carbonyl (C=O) groups excluding carboxylic acids is 1. The van der Waals surface area contributed by atoms with Crippen molar-refractivity contribution in [2.24, 2.45) is 7.05 Å². The second-order valence-corrected chi connectivity index (χ2v) is 8.94. The lowest BCUT2D eigenvalue weighted by atomic mass is 10.1. The van der Waals surface area contributed by atoms with Crippen molar-refractivity contribution < 1.29 is 13.2 Å². The number of amides is 1. The Morgan fingerprint density at radius 2 is 1.64 bits per heavy atom. The molecule has 1 aliphatic heterocycles. The lowest BCUT2D eigenvalue weighted by molar-refractivity contribution is 0.0691. The summed E-state index contributed by atoms with van der Waals surface area (Å²) in [5.74, 6) is -0.161. The third-order valence-corrected chi connectivity index (χ3v) is 7.11. The van der Waals surface area contributed by atoms with Crippen molar-refractivity contribution in [2.45, 2.75) is 11.8 Å². The summed E-state index contributed by atoms with van der Waals surface area (Å²) in [6.07, 6.45) is 0. The standard InChI is InChI=1S/C20H22N4O3S/c1-15-13-19(21-22(15)2)20(25)23-9-11-24(12-10-23)28(26,27)18-8-7-16-5-3-4-6-17(16)14-18/h3-8,13-14H,9-12H2,1-2H3. The van der Waals surface area contributed by atoms with E-state index in [1.807, 2.05) is 37.3 Å². The van der Waals surface area contributed by atoms with Crippen LogP contribution >= 0.6 is 0 Å². The molecular weight excluding hydrogens is 376 g/mol. The van der Waals surface area contributed by atoms with Crippen LogP contribution in [0.4, 0.5) is 0 Å². The van der Waals surface area contributed by atoms with Gasteiger partial charge in [-0.1, -0.05) is 30.3 Å². The fourth-order valence-corrected chi connectivity index (χ4v) is 4.89. The molecule has 28 heavy (non-hydrogen) atoms. The minimum atomic E-state index is -3.59. The molecule has 146 valence electrons. The van der Waals surface area contributed by atoms with E-state index >= 15 is 0 Å². The van der Waals surface area contributed by atoms with Gasteiger partial charge in [-0.05, 0) is 35.9 Å². The average molecular weight is 398 g/mol. The van der Waals surface area contributed by atoms with Crippen LogP contribution in [0, 0.1) is 6.92 Å². The second-order valence-electron chi connectivity index (χ2n) is 7.00. The van der Waals surface area contributed by atoms with E-state index in [0.717, 1.165) is 16.5 Å². The van der Waals surface area contributed by atoms with Crippen LogP contribution in [0.2, 0.25) is 0 Å². The Hall–Kier alpha value is -2.71. The van der Waals surface area contributed by atoms with Gasteiger partial charge in [-0.3, -0.25) is 9.48 Å². The summed E-state index contributed by atoms with van der Waals surface area (Å²) in [5, 5.41) is 6.12. The normalized spacial score (nSPS) is 15.9. The summed E-state index contributed by atoms with van der Waals surface area (Å²) in [4.78, 5) is 14.6. The first kappa shape index (κ1) is 18.6. The van der Waals surface area contributed by atoms with Crippen LogP contribution in [0.25, 0.3) is 10.8 Å². The SMILES string of the molecule is Cc1cc(C(=O)N2CCN(S(=O)(=O)c3ccc4ccccc4c3)CC2)nn1C. The first-order valence-electron chi connectivity index (χ1n) is 9.15. The molecule has 2 heterocycles. The molecule has 3 aromatic rings. The number of nitrogens with zero attached hydrogens (tertiary/aromatic N) is 4. The van der Waals surface area contributed by atoms with Crippen LogP contribution in [0.5, 0.6) is 0 Å². The molecule has 0 N–H and O–H groups in total. The molecule has 1 saturated heterocycles. The van der Waals surface area contributed by atoms with Crippen LogP contribution < -0.4 is 0 Å². The molecular formula is C20H22N4O3S. The van der Waals surface area contributed by atoms with Crippen molar-refractivity contribution in [2.75, 3.05) is 26.2 Å². The first-order valence-corrected chi connectivity index (χ1v) is 10.6. The molecule has 0 spiro atoms. The highest BCUT2D eigenvalue weighted by atomic mass is 32.2. The van der Waals surface area contributed by atoms with Gasteiger partial charge in [0.2, 0.25) is 10.0 Å². The van der Waals surface area contributed by atoms with Gasteiger partial charge in [-0.15, -0.1) is 0 Å². The van der Waals surface area contributed by atoms with Gasteiger partial charge in [0.1, 0.15) is 0 Å². The number of fused-ring (bicyclic) bond motifs is 1. The fourth-order valence-electron chi connectivity index (χ4n) is 3.44. The Morgan fingerprint density at radius 3 is 2.29 bits per heavy atom. The topological polar surface area (TPSA) is 75.5 Å².